The minimum Gasteiger partial charge on any atom is -0.258 e. The Bertz CT molecular complexity index is 758. The predicted molar refractivity (Wildman–Crippen MR) is 70.4 cm³/mol. The maximum atomic E-state index is 13.5. The molecule has 7 heteroatoms. The average molecular weight is 295 g/mol. The largest absolute Gasteiger partial charge is 0.273 e. The molecule has 0 N–H and O–H groups in total. The van der Waals surface area contributed by atoms with E-state index in [4.69, 9.17) is 0 Å². The fourth-order valence-corrected chi connectivity index (χ4v) is 3.25. The Balaban J connectivity index is 2.45. The predicted octanol–water partition coefficient (Wildman–Crippen LogP) is 2.71. The van der Waals surface area contributed by atoms with E-state index in [1.54, 1.807) is 0 Å². The normalized spacial score (nSPS) is 11.2. The minimum atomic E-state index is -3.98. The Hall–Kier alpha value is -2.28. The van der Waals surface area contributed by atoms with Crippen molar-refractivity contribution in [3.05, 3.63) is 70.0 Å². The van der Waals surface area contributed by atoms with Gasteiger partial charge in [0.1, 0.15) is 10.7 Å². The number of para-hydroxylation sites is 1. The summed E-state index contributed by atoms with van der Waals surface area (Å²) < 4.78 is 37.8. The first kappa shape index (κ1) is 14.1. The van der Waals surface area contributed by atoms with Crippen LogP contribution in [0.15, 0.2) is 53.4 Å². The van der Waals surface area contributed by atoms with Gasteiger partial charge >= 0.3 is 0 Å². The maximum Gasteiger partial charge on any atom is 0.273 e. The molecular weight excluding hydrogens is 285 g/mol. The fraction of sp³-hybridized carbons (Fsp3) is 0.0769. The second kappa shape index (κ2) is 5.38. The van der Waals surface area contributed by atoms with E-state index in [0.717, 1.165) is 12.1 Å². The number of sulfone groups is 1. The van der Waals surface area contributed by atoms with Crippen molar-refractivity contribution in [2.45, 2.75) is 10.6 Å². The van der Waals surface area contributed by atoms with Gasteiger partial charge in [-0.15, -0.1) is 0 Å². The van der Waals surface area contributed by atoms with Crippen LogP contribution in [0.4, 0.5) is 10.1 Å². The first-order chi connectivity index (χ1) is 9.42. The van der Waals surface area contributed by atoms with Crippen LogP contribution in [0.5, 0.6) is 0 Å². The van der Waals surface area contributed by atoms with Crippen LogP contribution in [0.25, 0.3) is 0 Å². The van der Waals surface area contributed by atoms with Crippen LogP contribution in [0, 0.1) is 15.9 Å². The summed E-state index contributed by atoms with van der Waals surface area (Å²) >= 11 is 0. The summed E-state index contributed by atoms with van der Waals surface area (Å²) in [7, 11) is -3.98. The van der Waals surface area contributed by atoms with Crippen LogP contribution >= 0.6 is 0 Å². The molecule has 0 saturated heterocycles. The van der Waals surface area contributed by atoms with Gasteiger partial charge in [-0.25, -0.2) is 12.8 Å². The standard InChI is InChI=1S/C13H10FNO4S/c14-11-6-2-4-8-13(11)20(18,19)9-10-5-1-3-7-12(10)15(16)17/h1-8H,9H2. The van der Waals surface area contributed by atoms with E-state index in [1.165, 1.54) is 36.4 Å². The van der Waals surface area contributed by atoms with Crippen molar-refractivity contribution in [3.8, 4) is 0 Å². The van der Waals surface area contributed by atoms with Gasteiger partial charge in [-0.05, 0) is 12.1 Å². The summed E-state index contributed by atoms with van der Waals surface area (Å²) in [6, 6.07) is 10.4. The van der Waals surface area contributed by atoms with Gasteiger partial charge in [-0.2, -0.15) is 0 Å². The minimum absolute atomic E-state index is 0.0285. The van der Waals surface area contributed by atoms with Crippen LogP contribution in [0.2, 0.25) is 0 Å². The number of rotatable bonds is 4. The summed E-state index contributed by atoms with van der Waals surface area (Å²) in [5.74, 6) is -1.49. The van der Waals surface area contributed by atoms with Crippen molar-refractivity contribution < 1.29 is 17.7 Å². The van der Waals surface area contributed by atoms with Crippen molar-refractivity contribution in [1.29, 1.82) is 0 Å². The molecule has 0 saturated carbocycles. The van der Waals surface area contributed by atoms with Crippen LogP contribution in [0.3, 0.4) is 0 Å². The molecule has 0 atom stereocenters. The van der Waals surface area contributed by atoms with E-state index in [-0.39, 0.29) is 11.3 Å². The lowest BCUT2D eigenvalue weighted by Gasteiger charge is -2.06. The average Bonchev–Trinajstić information content (AvgIpc) is 2.39. The lowest BCUT2D eigenvalue weighted by molar-refractivity contribution is -0.385. The number of halogens is 1. The van der Waals surface area contributed by atoms with Gasteiger partial charge in [0.15, 0.2) is 9.84 Å². The van der Waals surface area contributed by atoms with E-state index < -0.39 is 31.2 Å². The van der Waals surface area contributed by atoms with Gasteiger partial charge in [0, 0.05) is 11.6 Å². The number of nitro groups is 1. The first-order valence-electron chi connectivity index (χ1n) is 5.61. The molecule has 0 heterocycles. The molecule has 0 aliphatic carbocycles. The van der Waals surface area contributed by atoms with Crippen LogP contribution in [0.1, 0.15) is 5.56 Å². The molecular formula is C13H10FNO4S. The lowest BCUT2D eigenvalue weighted by Crippen LogP contribution is -2.08. The quantitative estimate of drug-likeness (QED) is 0.642. The highest BCUT2D eigenvalue weighted by molar-refractivity contribution is 7.90. The van der Waals surface area contributed by atoms with Crippen LogP contribution < -0.4 is 0 Å². The third-order valence-electron chi connectivity index (χ3n) is 2.71. The van der Waals surface area contributed by atoms with Crippen molar-refractivity contribution in [1.82, 2.24) is 0 Å². The topological polar surface area (TPSA) is 77.3 Å². The summed E-state index contributed by atoms with van der Waals surface area (Å²) in [4.78, 5) is 9.73. The van der Waals surface area contributed by atoms with Crippen LogP contribution in [-0.4, -0.2) is 13.3 Å². The molecule has 104 valence electrons. The summed E-state index contributed by atoms with van der Waals surface area (Å²) in [5.41, 5.74) is -0.270. The molecule has 2 rings (SSSR count). The molecule has 0 fully saturated rings. The lowest BCUT2D eigenvalue weighted by atomic mass is 10.2. The molecule has 0 amide bonds. The Morgan fingerprint density at radius 2 is 1.65 bits per heavy atom. The Morgan fingerprint density at radius 1 is 1.05 bits per heavy atom. The molecule has 0 spiro atoms. The number of nitro benzene ring substituents is 1. The van der Waals surface area contributed by atoms with Gasteiger partial charge in [0.05, 0.1) is 10.7 Å². The first-order valence-corrected chi connectivity index (χ1v) is 7.26. The van der Waals surface area contributed by atoms with Crippen molar-refractivity contribution in [2.24, 2.45) is 0 Å². The third-order valence-corrected chi connectivity index (χ3v) is 4.40. The maximum absolute atomic E-state index is 13.5. The molecule has 0 unspecified atom stereocenters. The highest BCUT2D eigenvalue weighted by Crippen LogP contribution is 2.24. The Morgan fingerprint density at radius 3 is 2.30 bits per heavy atom. The van der Waals surface area contributed by atoms with Crippen LogP contribution in [-0.2, 0) is 15.6 Å². The van der Waals surface area contributed by atoms with Gasteiger partial charge in [0.2, 0.25) is 0 Å². The molecule has 20 heavy (non-hydrogen) atoms. The summed E-state index contributed by atoms with van der Waals surface area (Å²) in [5, 5.41) is 10.8. The Kier molecular flexibility index (Phi) is 3.80. The van der Waals surface area contributed by atoms with Crippen molar-refractivity contribution in [3.63, 3.8) is 0 Å². The van der Waals surface area contributed by atoms with Crippen molar-refractivity contribution in [2.75, 3.05) is 0 Å². The summed E-state index contributed by atoms with van der Waals surface area (Å²) in [6.45, 7) is 0. The molecule has 0 radical (unpaired) electrons. The third kappa shape index (κ3) is 2.83. The second-order valence-electron chi connectivity index (χ2n) is 4.08. The molecule has 0 aliphatic heterocycles. The molecule has 2 aromatic carbocycles. The van der Waals surface area contributed by atoms with E-state index >= 15 is 0 Å². The second-order valence-corrected chi connectivity index (χ2v) is 6.03. The zero-order valence-electron chi connectivity index (χ0n) is 10.2. The fourth-order valence-electron chi connectivity index (χ4n) is 1.79. The number of hydrogen-bond donors (Lipinski definition) is 0. The molecule has 2 aromatic rings. The van der Waals surface area contributed by atoms with E-state index in [9.17, 15) is 22.9 Å². The monoisotopic (exact) mass is 295 g/mol. The molecule has 5 nitrogen and oxygen atoms in total. The smallest absolute Gasteiger partial charge is 0.258 e. The highest BCUT2D eigenvalue weighted by Gasteiger charge is 2.23. The zero-order chi connectivity index (χ0) is 14.8. The zero-order valence-corrected chi connectivity index (χ0v) is 11.0. The van der Waals surface area contributed by atoms with Gasteiger partial charge < -0.3 is 0 Å². The highest BCUT2D eigenvalue weighted by atomic mass is 32.2. The number of nitrogens with zero attached hydrogens (tertiary/aromatic N) is 1. The molecule has 0 aliphatic rings. The molecule has 0 bridgehead atoms. The van der Waals surface area contributed by atoms with E-state index in [1.807, 2.05) is 0 Å². The van der Waals surface area contributed by atoms with E-state index in [2.05, 4.69) is 0 Å². The SMILES string of the molecule is O=[N+]([O-])c1ccccc1CS(=O)(=O)c1ccccc1F. The summed E-state index contributed by atoms with van der Waals surface area (Å²) in [6.07, 6.45) is 0. The van der Waals surface area contributed by atoms with Gasteiger partial charge in [-0.3, -0.25) is 10.1 Å². The van der Waals surface area contributed by atoms with E-state index in [0.29, 0.717) is 0 Å². The molecule has 0 aromatic heterocycles. The van der Waals surface area contributed by atoms with Gasteiger partial charge in [0.25, 0.3) is 5.69 Å². The number of hydrogen-bond acceptors (Lipinski definition) is 4. The Labute approximate surface area is 114 Å². The number of benzene rings is 2. The van der Waals surface area contributed by atoms with Crippen molar-refractivity contribution >= 4 is 15.5 Å². The van der Waals surface area contributed by atoms with Gasteiger partial charge in [-0.1, -0.05) is 30.3 Å².